The Labute approximate surface area is 98.3 Å². The van der Waals surface area contributed by atoms with Gasteiger partial charge in [-0.3, -0.25) is 0 Å². The molecular formula is C15H21N. The normalized spacial score (nSPS) is 28.1. The number of fused-ring (bicyclic) bond motifs is 1. The van der Waals surface area contributed by atoms with Crippen molar-refractivity contribution in [2.24, 2.45) is 11.8 Å². The van der Waals surface area contributed by atoms with Gasteiger partial charge in [-0.1, -0.05) is 30.7 Å². The molecule has 0 radical (unpaired) electrons. The summed E-state index contributed by atoms with van der Waals surface area (Å²) in [4.78, 5) is 0. The summed E-state index contributed by atoms with van der Waals surface area (Å²) in [6, 6.07) is 7.55. The minimum Gasteiger partial charge on any atom is -0.309 e. The first-order valence-electron chi connectivity index (χ1n) is 6.57. The van der Waals surface area contributed by atoms with Gasteiger partial charge < -0.3 is 5.32 Å². The summed E-state index contributed by atoms with van der Waals surface area (Å²) < 4.78 is 0. The first-order valence-corrected chi connectivity index (χ1v) is 6.57. The van der Waals surface area contributed by atoms with E-state index in [0.717, 1.165) is 11.8 Å². The molecule has 16 heavy (non-hydrogen) atoms. The van der Waals surface area contributed by atoms with Crippen LogP contribution in [-0.4, -0.2) is 6.54 Å². The lowest BCUT2D eigenvalue weighted by molar-refractivity contribution is 0.409. The lowest BCUT2D eigenvalue weighted by Gasteiger charge is -2.19. The predicted molar refractivity (Wildman–Crippen MR) is 67.5 cm³/mol. The van der Waals surface area contributed by atoms with E-state index in [1.54, 1.807) is 11.1 Å². The molecule has 1 saturated carbocycles. The highest BCUT2D eigenvalue weighted by atomic mass is 14.9. The van der Waals surface area contributed by atoms with Crippen LogP contribution in [0.25, 0.3) is 0 Å². The molecule has 1 nitrogen and oxygen atoms in total. The molecule has 3 rings (SSSR count). The van der Waals surface area contributed by atoms with Crippen LogP contribution >= 0.6 is 0 Å². The van der Waals surface area contributed by atoms with Crippen LogP contribution in [0.1, 0.15) is 42.5 Å². The molecule has 0 saturated heterocycles. The number of nitrogens with one attached hydrogen (secondary N) is 1. The standard InChI is InChI=1S/C15H21N/c1-10-3-6-13-8-11(2)15(14(13)7-10)16-9-12-4-5-12/h3,6-7,11-12,15-16H,4-5,8-9H2,1-2H3. The third kappa shape index (κ3) is 1.89. The molecule has 2 aliphatic rings. The fourth-order valence-corrected chi connectivity index (χ4v) is 2.89. The zero-order valence-corrected chi connectivity index (χ0v) is 10.3. The summed E-state index contributed by atoms with van der Waals surface area (Å²) in [6.07, 6.45) is 4.13. The maximum Gasteiger partial charge on any atom is 0.0352 e. The van der Waals surface area contributed by atoms with Crippen LogP contribution in [0.4, 0.5) is 0 Å². The molecule has 1 aromatic rings. The van der Waals surface area contributed by atoms with Gasteiger partial charge in [0, 0.05) is 6.04 Å². The molecule has 0 aromatic heterocycles. The maximum absolute atomic E-state index is 3.78. The predicted octanol–water partition coefficient (Wildman–Crippen LogP) is 3.23. The van der Waals surface area contributed by atoms with E-state index in [0.29, 0.717) is 6.04 Å². The van der Waals surface area contributed by atoms with Crippen molar-refractivity contribution in [1.82, 2.24) is 5.32 Å². The molecule has 0 amide bonds. The molecule has 86 valence electrons. The average molecular weight is 215 g/mol. The third-order valence-electron chi connectivity index (χ3n) is 4.07. The van der Waals surface area contributed by atoms with Crippen molar-refractivity contribution in [3.05, 3.63) is 34.9 Å². The van der Waals surface area contributed by atoms with E-state index >= 15 is 0 Å². The van der Waals surface area contributed by atoms with Gasteiger partial charge in [0.25, 0.3) is 0 Å². The Bertz CT molecular complexity index is 392. The van der Waals surface area contributed by atoms with E-state index in [2.05, 4.69) is 37.4 Å². The monoisotopic (exact) mass is 215 g/mol. The number of benzene rings is 1. The van der Waals surface area contributed by atoms with Crippen molar-refractivity contribution in [3.63, 3.8) is 0 Å². The Hall–Kier alpha value is -0.820. The summed E-state index contributed by atoms with van der Waals surface area (Å²) in [5.41, 5.74) is 4.52. The van der Waals surface area contributed by atoms with Gasteiger partial charge in [0.15, 0.2) is 0 Å². The second kappa shape index (κ2) is 3.89. The van der Waals surface area contributed by atoms with Crippen molar-refractivity contribution in [2.45, 2.75) is 39.2 Å². The number of hydrogen-bond acceptors (Lipinski definition) is 1. The quantitative estimate of drug-likeness (QED) is 0.816. The Morgan fingerprint density at radius 2 is 2.12 bits per heavy atom. The van der Waals surface area contributed by atoms with Gasteiger partial charge in [-0.2, -0.15) is 0 Å². The fourth-order valence-electron chi connectivity index (χ4n) is 2.89. The summed E-state index contributed by atoms with van der Waals surface area (Å²) in [5, 5.41) is 3.78. The van der Waals surface area contributed by atoms with Crippen LogP contribution in [-0.2, 0) is 6.42 Å². The first-order chi connectivity index (χ1) is 7.74. The SMILES string of the molecule is Cc1ccc2c(c1)C(NCC1CC1)C(C)C2. The van der Waals surface area contributed by atoms with Crippen molar-refractivity contribution < 1.29 is 0 Å². The van der Waals surface area contributed by atoms with E-state index in [9.17, 15) is 0 Å². The number of aryl methyl sites for hydroxylation is 1. The zero-order valence-electron chi connectivity index (χ0n) is 10.3. The molecule has 2 atom stereocenters. The number of rotatable bonds is 3. The van der Waals surface area contributed by atoms with Gasteiger partial charge in [-0.25, -0.2) is 0 Å². The summed E-state index contributed by atoms with van der Waals surface area (Å²) >= 11 is 0. The van der Waals surface area contributed by atoms with Gasteiger partial charge >= 0.3 is 0 Å². The van der Waals surface area contributed by atoms with E-state index in [-0.39, 0.29) is 0 Å². The molecule has 2 unspecified atom stereocenters. The van der Waals surface area contributed by atoms with Crippen LogP contribution in [0, 0.1) is 18.8 Å². The molecule has 0 aliphatic heterocycles. The van der Waals surface area contributed by atoms with Gasteiger partial charge in [-0.05, 0) is 55.7 Å². The highest BCUT2D eigenvalue weighted by molar-refractivity contribution is 5.38. The highest BCUT2D eigenvalue weighted by Crippen LogP contribution is 2.37. The molecule has 0 bridgehead atoms. The highest BCUT2D eigenvalue weighted by Gasteiger charge is 2.30. The molecule has 1 heteroatoms. The van der Waals surface area contributed by atoms with Crippen LogP contribution in [0.5, 0.6) is 0 Å². The Balaban J connectivity index is 1.79. The van der Waals surface area contributed by atoms with Crippen LogP contribution < -0.4 is 5.32 Å². The van der Waals surface area contributed by atoms with Crippen LogP contribution in [0.3, 0.4) is 0 Å². The molecule has 1 fully saturated rings. The van der Waals surface area contributed by atoms with Crippen molar-refractivity contribution in [2.75, 3.05) is 6.54 Å². The Kier molecular flexibility index (Phi) is 2.51. The van der Waals surface area contributed by atoms with E-state index in [4.69, 9.17) is 0 Å². The molecule has 0 spiro atoms. The fraction of sp³-hybridized carbons (Fsp3) is 0.600. The van der Waals surface area contributed by atoms with E-state index in [1.807, 2.05) is 0 Å². The van der Waals surface area contributed by atoms with Gasteiger partial charge in [0.2, 0.25) is 0 Å². The molecule has 2 aliphatic carbocycles. The smallest absolute Gasteiger partial charge is 0.0352 e. The molecule has 0 heterocycles. The maximum atomic E-state index is 3.78. The number of hydrogen-bond donors (Lipinski definition) is 1. The van der Waals surface area contributed by atoms with Crippen LogP contribution in [0.2, 0.25) is 0 Å². The second-order valence-electron chi connectivity index (χ2n) is 5.71. The molecule has 1 N–H and O–H groups in total. The van der Waals surface area contributed by atoms with Gasteiger partial charge in [0.05, 0.1) is 0 Å². The zero-order chi connectivity index (χ0) is 11.1. The largest absolute Gasteiger partial charge is 0.309 e. The first kappa shape index (κ1) is 10.3. The van der Waals surface area contributed by atoms with Crippen molar-refractivity contribution in [1.29, 1.82) is 0 Å². The van der Waals surface area contributed by atoms with Crippen molar-refractivity contribution >= 4 is 0 Å². The Morgan fingerprint density at radius 3 is 2.88 bits per heavy atom. The van der Waals surface area contributed by atoms with E-state index < -0.39 is 0 Å². The summed E-state index contributed by atoms with van der Waals surface area (Å²) in [6.45, 7) is 5.80. The van der Waals surface area contributed by atoms with Crippen molar-refractivity contribution in [3.8, 4) is 0 Å². The van der Waals surface area contributed by atoms with Crippen LogP contribution in [0.15, 0.2) is 18.2 Å². The van der Waals surface area contributed by atoms with E-state index in [1.165, 1.54) is 31.4 Å². The summed E-state index contributed by atoms with van der Waals surface area (Å²) in [5.74, 6) is 1.73. The lowest BCUT2D eigenvalue weighted by atomic mass is 10.0. The topological polar surface area (TPSA) is 12.0 Å². The van der Waals surface area contributed by atoms with Gasteiger partial charge in [0.1, 0.15) is 0 Å². The minimum absolute atomic E-state index is 0.607. The molecule has 1 aromatic carbocycles. The second-order valence-corrected chi connectivity index (χ2v) is 5.71. The third-order valence-corrected chi connectivity index (χ3v) is 4.07. The Morgan fingerprint density at radius 1 is 1.31 bits per heavy atom. The van der Waals surface area contributed by atoms with Gasteiger partial charge in [-0.15, -0.1) is 0 Å². The molecular weight excluding hydrogens is 194 g/mol. The summed E-state index contributed by atoms with van der Waals surface area (Å²) in [7, 11) is 0. The minimum atomic E-state index is 0.607. The lowest BCUT2D eigenvalue weighted by Crippen LogP contribution is -2.26. The average Bonchev–Trinajstić information content (AvgIpc) is 3.01.